The van der Waals surface area contributed by atoms with Gasteiger partial charge < -0.3 is 4.74 Å². The highest BCUT2D eigenvalue weighted by Gasteiger charge is 2.35. The van der Waals surface area contributed by atoms with Crippen LogP contribution in [0.15, 0.2) is 74.5 Å². The van der Waals surface area contributed by atoms with Crippen LogP contribution in [0.2, 0.25) is 0 Å². The number of imide groups is 1. The zero-order chi connectivity index (χ0) is 26.9. The van der Waals surface area contributed by atoms with E-state index in [1.54, 1.807) is 24.3 Å². The lowest BCUT2D eigenvalue weighted by molar-refractivity contribution is -0.385. The van der Waals surface area contributed by atoms with Gasteiger partial charge in [-0.2, -0.15) is 13.2 Å². The molecule has 37 heavy (non-hydrogen) atoms. The quantitative estimate of drug-likeness (QED) is 0.151. The summed E-state index contributed by atoms with van der Waals surface area (Å²) in [6, 6.07) is 13.7. The van der Waals surface area contributed by atoms with Gasteiger partial charge in [0.05, 0.1) is 26.4 Å². The van der Waals surface area contributed by atoms with Crippen LogP contribution < -0.4 is 4.74 Å². The lowest BCUT2D eigenvalue weighted by Crippen LogP contribution is -2.27. The van der Waals surface area contributed by atoms with Crippen LogP contribution in [-0.4, -0.2) is 21.0 Å². The molecule has 7 nitrogen and oxygen atoms in total. The number of nitro groups is 1. The molecule has 13 heteroatoms. The molecular weight excluding hydrogens is 645 g/mol. The molecule has 1 aliphatic rings. The summed E-state index contributed by atoms with van der Waals surface area (Å²) in [7, 11) is 0. The third-order valence-corrected chi connectivity index (χ3v) is 7.14. The van der Waals surface area contributed by atoms with E-state index in [9.17, 15) is 32.9 Å². The topological polar surface area (TPSA) is 89.7 Å². The largest absolute Gasteiger partial charge is 0.449 e. The highest BCUT2D eigenvalue weighted by molar-refractivity contribution is 9.10. The van der Waals surface area contributed by atoms with Crippen molar-refractivity contribution in [1.82, 2.24) is 4.90 Å². The number of hydrogen-bond donors (Lipinski definition) is 0. The molecule has 0 unspecified atom stereocenters. The average molecular weight is 658 g/mol. The summed E-state index contributed by atoms with van der Waals surface area (Å²) in [6.07, 6.45) is -3.23. The standard InChI is InChI=1S/C24H13Br2F3N2O5S/c25-16-5-1-13(2-6-16)12-30-22(32)21(37-23(30)33)10-14-3-7-19(17(26)9-14)36-20-8-4-15(24(27,28)29)11-18(20)31(34)35/h1-11H,12H2/b21-10+. The minimum absolute atomic E-state index is 0.100. The molecule has 1 saturated heterocycles. The molecule has 1 aliphatic heterocycles. The Morgan fingerprint density at radius 2 is 1.68 bits per heavy atom. The van der Waals surface area contributed by atoms with Gasteiger partial charge in [0.25, 0.3) is 11.1 Å². The number of amides is 2. The molecule has 0 aliphatic carbocycles. The second-order valence-corrected chi connectivity index (χ2v) is 10.4. The smallest absolute Gasteiger partial charge is 0.416 e. The Morgan fingerprint density at radius 3 is 2.30 bits per heavy atom. The van der Waals surface area contributed by atoms with E-state index in [1.165, 1.54) is 12.1 Å². The molecule has 190 valence electrons. The third-order valence-electron chi connectivity index (χ3n) is 5.08. The van der Waals surface area contributed by atoms with E-state index in [-0.39, 0.29) is 22.9 Å². The number of hydrogen-bond acceptors (Lipinski definition) is 6. The Hall–Kier alpha value is -3.16. The normalized spacial score (nSPS) is 14.9. The van der Waals surface area contributed by atoms with Gasteiger partial charge in [0.2, 0.25) is 5.75 Å². The number of thioether (sulfide) groups is 1. The fourth-order valence-corrected chi connectivity index (χ4v) is 4.87. The molecule has 3 aromatic carbocycles. The molecule has 1 fully saturated rings. The van der Waals surface area contributed by atoms with Crippen molar-refractivity contribution < 1.29 is 32.4 Å². The maximum Gasteiger partial charge on any atom is 0.416 e. The van der Waals surface area contributed by atoms with Gasteiger partial charge in [-0.15, -0.1) is 0 Å². The van der Waals surface area contributed by atoms with Crippen molar-refractivity contribution in [2.45, 2.75) is 12.7 Å². The summed E-state index contributed by atoms with van der Waals surface area (Å²) in [5.41, 5.74) is -0.705. The molecule has 0 aromatic heterocycles. The van der Waals surface area contributed by atoms with Crippen molar-refractivity contribution in [2.75, 3.05) is 0 Å². The minimum Gasteiger partial charge on any atom is -0.449 e. The molecule has 0 radical (unpaired) electrons. The van der Waals surface area contributed by atoms with Crippen LogP contribution in [0.25, 0.3) is 6.08 Å². The Balaban J connectivity index is 1.53. The molecular formula is C24H13Br2F3N2O5S. The Bertz CT molecular complexity index is 1450. The highest BCUT2D eigenvalue weighted by Crippen LogP contribution is 2.40. The lowest BCUT2D eigenvalue weighted by atomic mass is 10.1. The summed E-state index contributed by atoms with van der Waals surface area (Å²) >= 11 is 7.40. The van der Waals surface area contributed by atoms with Crippen molar-refractivity contribution in [3.05, 3.63) is 101 Å². The zero-order valence-corrected chi connectivity index (χ0v) is 22.3. The second kappa shape index (κ2) is 10.7. The summed E-state index contributed by atoms with van der Waals surface area (Å²) in [6.45, 7) is 0.123. The van der Waals surface area contributed by atoms with Crippen LogP contribution in [0.5, 0.6) is 11.5 Å². The Kier molecular flexibility index (Phi) is 7.76. The van der Waals surface area contributed by atoms with Crippen molar-refractivity contribution >= 4 is 66.5 Å². The predicted octanol–water partition coefficient (Wildman–Crippen LogP) is 8.17. The number of carbonyl (C=O) groups excluding carboxylic acids is 2. The zero-order valence-electron chi connectivity index (χ0n) is 18.3. The van der Waals surface area contributed by atoms with Gasteiger partial charge in [-0.25, -0.2) is 0 Å². The average Bonchev–Trinajstić information content (AvgIpc) is 3.08. The number of alkyl halides is 3. The lowest BCUT2D eigenvalue weighted by Gasteiger charge is -2.12. The first-order valence-electron chi connectivity index (χ1n) is 10.3. The van der Waals surface area contributed by atoms with E-state index in [2.05, 4.69) is 31.9 Å². The molecule has 0 N–H and O–H groups in total. The molecule has 0 saturated carbocycles. The summed E-state index contributed by atoms with van der Waals surface area (Å²) in [4.78, 5) is 36.9. The summed E-state index contributed by atoms with van der Waals surface area (Å²) in [5.74, 6) is -0.724. The van der Waals surface area contributed by atoms with Gasteiger partial charge in [0, 0.05) is 10.5 Å². The molecule has 2 amide bonds. The van der Waals surface area contributed by atoms with Gasteiger partial charge >= 0.3 is 11.9 Å². The number of rotatable bonds is 6. The van der Waals surface area contributed by atoms with E-state index in [1.807, 2.05) is 12.1 Å². The summed E-state index contributed by atoms with van der Waals surface area (Å²) < 4.78 is 45.5. The third kappa shape index (κ3) is 6.22. The molecule has 0 atom stereocenters. The first kappa shape index (κ1) is 26.9. The maximum absolute atomic E-state index is 12.9. The van der Waals surface area contributed by atoms with Crippen molar-refractivity contribution in [3.8, 4) is 11.5 Å². The van der Waals surface area contributed by atoms with Crippen molar-refractivity contribution in [2.24, 2.45) is 0 Å². The van der Waals surface area contributed by atoms with Crippen LogP contribution >= 0.6 is 43.6 Å². The van der Waals surface area contributed by atoms with Crippen molar-refractivity contribution in [3.63, 3.8) is 0 Å². The van der Waals surface area contributed by atoms with Crippen LogP contribution in [0.3, 0.4) is 0 Å². The molecule has 3 aromatic rings. The number of carbonyl (C=O) groups is 2. The van der Waals surface area contributed by atoms with Crippen molar-refractivity contribution in [1.29, 1.82) is 0 Å². The Morgan fingerprint density at radius 1 is 1.00 bits per heavy atom. The molecule has 4 rings (SSSR count). The van der Waals surface area contributed by atoms with Crippen LogP contribution in [0.1, 0.15) is 16.7 Å². The molecule has 0 spiro atoms. The minimum atomic E-state index is -4.75. The predicted molar refractivity (Wildman–Crippen MR) is 138 cm³/mol. The van der Waals surface area contributed by atoms with E-state index < -0.39 is 33.5 Å². The van der Waals surface area contributed by atoms with E-state index in [4.69, 9.17) is 4.74 Å². The number of halogens is 5. The first-order chi connectivity index (χ1) is 17.4. The molecule has 1 heterocycles. The molecule has 0 bridgehead atoms. The van der Waals surface area contributed by atoms with Gasteiger partial charge in [-0.05, 0) is 81.3 Å². The number of nitro benzene ring substituents is 1. The number of ether oxygens (including phenoxy) is 1. The van der Waals surface area contributed by atoms with Gasteiger partial charge in [0.1, 0.15) is 5.75 Å². The van der Waals surface area contributed by atoms with Gasteiger partial charge in [0.15, 0.2) is 0 Å². The van der Waals surface area contributed by atoms with Crippen LogP contribution in [0, 0.1) is 10.1 Å². The van der Waals surface area contributed by atoms with Crippen LogP contribution in [-0.2, 0) is 17.5 Å². The van der Waals surface area contributed by atoms with Crippen LogP contribution in [0.4, 0.5) is 23.7 Å². The van der Waals surface area contributed by atoms with E-state index >= 15 is 0 Å². The fourth-order valence-electron chi connectivity index (χ4n) is 3.29. The van der Waals surface area contributed by atoms with Gasteiger partial charge in [-0.1, -0.05) is 34.1 Å². The summed E-state index contributed by atoms with van der Waals surface area (Å²) in [5, 5.41) is 10.9. The first-order valence-corrected chi connectivity index (χ1v) is 12.7. The van der Waals surface area contributed by atoms with E-state index in [0.717, 1.165) is 32.8 Å². The number of nitrogens with zero attached hydrogens (tertiary/aromatic N) is 2. The van der Waals surface area contributed by atoms with E-state index in [0.29, 0.717) is 22.2 Å². The highest BCUT2D eigenvalue weighted by atomic mass is 79.9. The Labute approximate surface area is 228 Å². The van der Waals surface area contributed by atoms with Gasteiger partial charge in [-0.3, -0.25) is 24.6 Å². The SMILES string of the molecule is O=C1S/C(=C/c2ccc(Oc3ccc(C(F)(F)F)cc3[N+](=O)[O-])c(Br)c2)C(=O)N1Cc1ccc(Br)cc1. The maximum atomic E-state index is 12.9. The monoisotopic (exact) mass is 656 g/mol. The number of benzene rings is 3. The fraction of sp³-hybridized carbons (Fsp3) is 0.0833. The second-order valence-electron chi connectivity index (χ2n) is 7.62.